The Hall–Kier alpha value is -2.70. The maximum atomic E-state index is 12.5. The minimum absolute atomic E-state index is 0.272. The molecule has 0 unspecified atom stereocenters. The number of thiophene rings is 2. The summed E-state index contributed by atoms with van der Waals surface area (Å²) in [5.74, 6) is -0.724. The van der Waals surface area contributed by atoms with E-state index in [0.717, 1.165) is 21.6 Å². The molecule has 0 radical (unpaired) electrons. The van der Waals surface area contributed by atoms with Gasteiger partial charge in [0.15, 0.2) is 0 Å². The van der Waals surface area contributed by atoms with Crippen LogP contribution >= 0.6 is 22.7 Å². The van der Waals surface area contributed by atoms with Gasteiger partial charge in [-0.1, -0.05) is 35.9 Å². The van der Waals surface area contributed by atoms with Crippen LogP contribution < -0.4 is 5.32 Å². The molecule has 0 aliphatic carbocycles. The molecule has 138 valence electrons. The fraction of sp³-hybridized carbons (Fsp3) is 0.143. The van der Waals surface area contributed by atoms with Gasteiger partial charge >= 0.3 is 5.97 Å². The zero-order valence-corrected chi connectivity index (χ0v) is 16.7. The minimum atomic E-state index is -0.438. The molecule has 0 aliphatic heterocycles. The van der Waals surface area contributed by atoms with Crippen LogP contribution in [0.3, 0.4) is 0 Å². The highest BCUT2D eigenvalue weighted by molar-refractivity contribution is 7.15. The Bertz CT molecular complexity index is 954. The van der Waals surface area contributed by atoms with E-state index in [1.807, 2.05) is 54.1 Å². The van der Waals surface area contributed by atoms with Gasteiger partial charge in [-0.15, -0.1) is 22.7 Å². The van der Waals surface area contributed by atoms with Gasteiger partial charge in [0.1, 0.15) is 10.6 Å². The molecule has 3 rings (SSSR count). The number of amides is 1. The second-order valence-corrected chi connectivity index (χ2v) is 7.64. The van der Waals surface area contributed by atoms with Crippen molar-refractivity contribution in [1.82, 2.24) is 0 Å². The molecule has 4 nitrogen and oxygen atoms in total. The maximum absolute atomic E-state index is 12.5. The molecule has 0 fully saturated rings. The number of hydrogen-bond acceptors (Lipinski definition) is 5. The first-order valence-corrected chi connectivity index (χ1v) is 10.2. The van der Waals surface area contributed by atoms with Crippen LogP contribution in [0.2, 0.25) is 0 Å². The van der Waals surface area contributed by atoms with E-state index < -0.39 is 5.97 Å². The van der Waals surface area contributed by atoms with Gasteiger partial charge in [-0.05, 0) is 36.9 Å². The molecule has 0 bridgehead atoms. The van der Waals surface area contributed by atoms with Crippen molar-refractivity contribution < 1.29 is 14.3 Å². The van der Waals surface area contributed by atoms with Gasteiger partial charge < -0.3 is 10.1 Å². The predicted molar refractivity (Wildman–Crippen MR) is 112 cm³/mol. The Balaban J connectivity index is 1.89. The molecular formula is C21H19NO3S2. The van der Waals surface area contributed by atoms with Crippen LogP contribution in [0.5, 0.6) is 0 Å². The summed E-state index contributed by atoms with van der Waals surface area (Å²) in [7, 11) is 0. The SMILES string of the molecule is CCOC(=O)c1c(-c2ccc(C)cc2)csc1NC(=O)/C=C/c1cccs1. The van der Waals surface area contributed by atoms with Crippen LogP contribution in [0.1, 0.15) is 27.7 Å². The second-order valence-electron chi connectivity index (χ2n) is 5.78. The number of aryl methyl sites for hydroxylation is 1. The standard InChI is InChI=1S/C21H19NO3S2/c1-3-25-21(24)19-17(15-8-6-14(2)7-9-15)13-27-20(19)22-18(23)11-10-16-5-4-12-26-16/h4-13H,3H2,1-2H3,(H,22,23)/b11-10+. The van der Waals surface area contributed by atoms with E-state index in [0.29, 0.717) is 10.6 Å². The van der Waals surface area contributed by atoms with Gasteiger partial charge in [-0.3, -0.25) is 4.79 Å². The number of anilines is 1. The zero-order valence-electron chi connectivity index (χ0n) is 15.0. The highest BCUT2D eigenvalue weighted by Gasteiger charge is 2.22. The van der Waals surface area contributed by atoms with E-state index in [9.17, 15) is 9.59 Å². The van der Waals surface area contributed by atoms with E-state index in [1.54, 1.807) is 24.3 Å². The molecule has 0 saturated carbocycles. The molecular weight excluding hydrogens is 378 g/mol. The number of ether oxygens (including phenoxy) is 1. The summed E-state index contributed by atoms with van der Waals surface area (Å²) in [4.78, 5) is 25.8. The van der Waals surface area contributed by atoms with Gasteiger partial charge in [-0.25, -0.2) is 4.79 Å². The second kappa shape index (κ2) is 8.79. The molecule has 27 heavy (non-hydrogen) atoms. The molecule has 2 aromatic heterocycles. The summed E-state index contributed by atoms with van der Waals surface area (Å²) < 4.78 is 5.21. The van der Waals surface area contributed by atoms with Crippen LogP contribution in [0.4, 0.5) is 5.00 Å². The highest BCUT2D eigenvalue weighted by atomic mass is 32.1. The van der Waals surface area contributed by atoms with Gasteiger partial charge in [0, 0.05) is 21.9 Å². The molecule has 1 N–H and O–H groups in total. The third kappa shape index (κ3) is 4.72. The van der Waals surface area contributed by atoms with E-state index in [4.69, 9.17) is 4.74 Å². The molecule has 0 atom stereocenters. The Morgan fingerprint density at radius 3 is 2.59 bits per heavy atom. The largest absolute Gasteiger partial charge is 0.462 e. The lowest BCUT2D eigenvalue weighted by atomic mass is 10.0. The van der Waals surface area contributed by atoms with Crippen molar-refractivity contribution in [2.75, 3.05) is 11.9 Å². The van der Waals surface area contributed by atoms with Crippen molar-refractivity contribution >= 4 is 45.6 Å². The predicted octanol–water partition coefficient (Wildman–Crippen LogP) is 5.61. The number of nitrogens with one attached hydrogen (secondary N) is 1. The molecule has 6 heteroatoms. The lowest BCUT2D eigenvalue weighted by Gasteiger charge is -2.08. The van der Waals surface area contributed by atoms with E-state index in [2.05, 4.69) is 5.32 Å². The third-order valence-electron chi connectivity index (χ3n) is 3.81. The van der Waals surface area contributed by atoms with Crippen molar-refractivity contribution in [2.24, 2.45) is 0 Å². The minimum Gasteiger partial charge on any atom is -0.462 e. The smallest absolute Gasteiger partial charge is 0.341 e. The van der Waals surface area contributed by atoms with E-state index in [1.165, 1.54) is 17.4 Å². The van der Waals surface area contributed by atoms with Crippen LogP contribution in [0.25, 0.3) is 17.2 Å². The Morgan fingerprint density at radius 1 is 1.15 bits per heavy atom. The summed E-state index contributed by atoms with van der Waals surface area (Å²) in [6.07, 6.45) is 3.21. The first-order chi connectivity index (χ1) is 13.1. The number of carbonyl (C=O) groups is 2. The normalized spacial score (nSPS) is 10.9. The molecule has 0 saturated heterocycles. The molecule has 0 spiro atoms. The number of esters is 1. The number of benzene rings is 1. The van der Waals surface area contributed by atoms with Crippen molar-refractivity contribution in [2.45, 2.75) is 13.8 Å². The fourth-order valence-electron chi connectivity index (χ4n) is 2.50. The van der Waals surface area contributed by atoms with Crippen molar-refractivity contribution in [3.8, 4) is 11.1 Å². The Labute approximate surface area is 166 Å². The van der Waals surface area contributed by atoms with Crippen molar-refractivity contribution in [1.29, 1.82) is 0 Å². The van der Waals surface area contributed by atoms with Crippen LogP contribution in [-0.2, 0) is 9.53 Å². The van der Waals surface area contributed by atoms with Crippen LogP contribution in [0, 0.1) is 6.92 Å². The number of rotatable bonds is 6. The molecule has 2 heterocycles. The average Bonchev–Trinajstić information content (AvgIpc) is 3.31. The fourth-order valence-corrected chi connectivity index (χ4v) is 4.08. The van der Waals surface area contributed by atoms with Gasteiger partial charge in [0.05, 0.1) is 6.61 Å². The molecule has 1 amide bonds. The summed E-state index contributed by atoms with van der Waals surface area (Å²) >= 11 is 2.87. The molecule has 0 aliphatic rings. The summed E-state index contributed by atoms with van der Waals surface area (Å²) in [6.45, 7) is 4.04. The Morgan fingerprint density at radius 2 is 1.93 bits per heavy atom. The summed E-state index contributed by atoms with van der Waals surface area (Å²) in [6, 6.07) is 11.8. The highest BCUT2D eigenvalue weighted by Crippen LogP contribution is 2.36. The zero-order chi connectivity index (χ0) is 19.2. The van der Waals surface area contributed by atoms with Gasteiger partial charge in [0.2, 0.25) is 5.91 Å². The average molecular weight is 398 g/mol. The first kappa shape index (κ1) is 19.1. The third-order valence-corrected chi connectivity index (χ3v) is 5.55. The van der Waals surface area contributed by atoms with Gasteiger partial charge in [0.25, 0.3) is 0 Å². The van der Waals surface area contributed by atoms with Crippen molar-refractivity contribution in [3.63, 3.8) is 0 Å². The monoisotopic (exact) mass is 397 g/mol. The maximum Gasteiger partial charge on any atom is 0.341 e. The Kier molecular flexibility index (Phi) is 6.21. The molecule has 3 aromatic rings. The van der Waals surface area contributed by atoms with Crippen LogP contribution in [0.15, 0.2) is 53.2 Å². The van der Waals surface area contributed by atoms with Crippen LogP contribution in [-0.4, -0.2) is 18.5 Å². The quantitative estimate of drug-likeness (QED) is 0.434. The van der Waals surface area contributed by atoms with Gasteiger partial charge in [-0.2, -0.15) is 0 Å². The summed E-state index contributed by atoms with van der Waals surface area (Å²) in [5.41, 5.74) is 3.20. The topological polar surface area (TPSA) is 55.4 Å². The summed E-state index contributed by atoms with van der Waals surface area (Å²) in [5, 5.41) is 7.12. The first-order valence-electron chi connectivity index (χ1n) is 8.46. The van der Waals surface area contributed by atoms with E-state index in [-0.39, 0.29) is 12.5 Å². The van der Waals surface area contributed by atoms with E-state index >= 15 is 0 Å². The lowest BCUT2D eigenvalue weighted by molar-refractivity contribution is -0.111. The number of hydrogen-bond donors (Lipinski definition) is 1. The lowest BCUT2D eigenvalue weighted by Crippen LogP contribution is -2.12. The van der Waals surface area contributed by atoms with Crippen molar-refractivity contribution in [3.05, 3.63) is 69.2 Å². The number of carbonyl (C=O) groups excluding carboxylic acids is 2. The molecule has 1 aromatic carbocycles.